The number of carbonyl (C=O) groups excluding carboxylic acids is 2. The van der Waals surface area contributed by atoms with Gasteiger partial charge in [0, 0.05) is 14.0 Å². The number of rotatable bonds is 4. The van der Waals surface area contributed by atoms with E-state index in [0.717, 1.165) is 0 Å². The Morgan fingerprint density at radius 3 is 2.72 bits per heavy atom. The van der Waals surface area contributed by atoms with Crippen LogP contribution in [-0.4, -0.2) is 45.8 Å². The molecule has 2 aromatic rings. The number of carbonyl (C=O) groups is 2. The first-order chi connectivity index (χ1) is 12.0. The minimum Gasteiger partial charge on any atom is -0.340 e. The lowest BCUT2D eigenvalue weighted by Crippen LogP contribution is -2.58. The highest BCUT2D eigenvalue weighted by molar-refractivity contribution is 6.39. The van der Waals surface area contributed by atoms with Crippen LogP contribution in [0.1, 0.15) is 18.6 Å². The van der Waals surface area contributed by atoms with Crippen LogP contribution in [0, 0.1) is 6.92 Å². The van der Waals surface area contributed by atoms with Crippen LogP contribution in [0.4, 0.5) is 5.69 Å². The second-order valence-corrected chi connectivity index (χ2v) is 5.67. The highest BCUT2D eigenvalue weighted by Gasteiger charge is 2.32. The van der Waals surface area contributed by atoms with Gasteiger partial charge in [-0.1, -0.05) is 23.4 Å². The molecule has 25 heavy (non-hydrogen) atoms. The maximum Gasteiger partial charge on any atom is 0.290 e. The average molecular weight is 342 g/mol. The Kier molecular flexibility index (Phi) is 4.46. The van der Waals surface area contributed by atoms with E-state index in [2.05, 4.69) is 20.6 Å². The third-order valence-corrected chi connectivity index (χ3v) is 3.63. The summed E-state index contributed by atoms with van der Waals surface area (Å²) >= 11 is 0. The molecule has 2 heterocycles. The van der Waals surface area contributed by atoms with E-state index in [1.165, 1.54) is 9.91 Å². The van der Waals surface area contributed by atoms with Crippen molar-refractivity contribution in [3.63, 3.8) is 0 Å². The minimum atomic E-state index is -0.666. The predicted molar refractivity (Wildman–Crippen MR) is 89.5 cm³/mol. The van der Waals surface area contributed by atoms with Gasteiger partial charge in [0.05, 0.1) is 12.2 Å². The number of likely N-dealkylation sites (N-methyl/N-ethyl adjacent to an activating group) is 1. The zero-order valence-corrected chi connectivity index (χ0v) is 14.1. The molecule has 0 saturated heterocycles. The monoisotopic (exact) mass is 342 g/mol. The van der Waals surface area contributed by atoms with Crippen molar-refractivity contribution in [2.75, 3.05) is 12.1 Å². The fourth-order valence-electron chi connectivity index (χ4n) is 2.37. The van der Waals surface area contributed by atoms with Gasteiger partial charge in [-0.2, -0.15) is 4.98 Å². The lowest BCUT2D eigenvalue weighted by atomic mass is 10.2. The quantitative estimate of drug-likeness (QED) is 0.876. The van der Waals surface area contributed by atoms with Crippen molar-refractivity contribution in [2.24, 2.45) is 4.99 Å². The zero-order valence-electron chi connectivity index (χ0n) is 14.1. The van der Waals surface area contributed by atoms with Crippen molar-refractivity contribution in [1.29, 1.82) is 0 Å². The molecule has 9 heteroatoms. The van der Waals surface area contributed by atoms with Gasteiger partial charge in [-0.15, -0.1) is 0 Å². The third-order valence-electron chi connectivity index (χ3n) is 3.63. The number of aryl methyl sites for hydroxylation is 1. The van der Waals surface area contributed by atoms with Crippen LogP contribution in [0.3, 0.4) is 0 Å². The van der Waals surface area contributed by atoms with Gasteiger partial charge >= 0.3 is 0 Å². The molecule has 3 rings (SSSR count). The standard InChI is InChI=1S/C16H18N6O3/c1-10-15(23)22(12-7-5-4-6-8-12)19-14(17-10)16(24)21(3)9-13-18-11(2)25-20-13/h4-8,10H,9H2,1-3H3,(H,17,19)/t10-/m1/s1. The van der Waals surface area contributed by atoms with Crippen molar-refractivity contribution in [1.82, 2.24) is 20.5 Å². The van der Waals surface area contributed by atoms with Crippen LogP contribution in [0.2, 0.25) is 0 Å². The minimum absolute atomic E-state index is 0.0821. The van der Waals surface area contributed by atoms with Crippen LogP contribution in [0.15, 0.2) is 39.8 Å². The molecule has 0 saturated carbocycles. The maximum absolute atomic E-state index is 12.6. The van der Waals surface area contributed by atoms with Crippen molar-refractivity contribution in [3.05, 3.63) is 42.0 Å². The highest BCUT2D eigenvalue weighted by Crippen LogP contribution is 2.16. The maximum atomic E-state index is 12.6. The van der Waals surface area contributed by atoms with Gasteiger partial charge in [0.2, 0.25) is 11.7 Å². The van der Waals surface area contributed by atoms with Gasteiger partial charge in [-0.05, 0) is 19.1 Å². The van der Waals surface area contributed by atoms with Crippen LogP contribution in [0.5, 0.6) is 0 Å². The Morgan fingerprint density at radius 1 is 1.36 bits per heavy atom. The summed E-state index contributed by atoms with van der Waals surface area (Å²) in [6.45, 7) is 3.50. The number of para-hydroxylation sites is 1. The first kappa shape index (κ1) is 16.6. The third kappa shape index (κ3) is 3.49. The molecular weight excluding hydrogens is 324 g/mol. The predicted octanol–water partition coefficient (Wildman–Crippen LogP) is 0.675. The molecule has 130 valence electrons. The number of aromatic nitrogens is 2. The number of aliphatic imine (C=N–C) groups is 1. The summed E-state index contributed by atoms with van der Waals surface area (Å²) in [7, 11) is 1.60. The van der Waals surface area contributed by atoms with E-state index < -0.39 is 6.04 Å². The second-order valence-electron chi connectivity index (χ2n) is 5.67. The smallest absolute Gasteiger partial charge is 0.290 e. The van der Waals surface area contributed by atoms with E-state index in [1.807, 2.05) is 18.2 Å². The molecule has 0 spiro atoms. The van der Waals surface area contributed by atoms with Crippen molar-refractivity contribution in [3.8, 4) is 0 Å². The van der Waals surface area contributed by atoms with Crippen molar-refractivity contribution >= 4 is 23.3 Å². The van der Waals surface area contributed by atoms with Gasteiger partial charge < -0.3 is 9.42 Å². The number of nitrogens with one attached hydrogen (secondary N) is 1. The number of benzene rings is 1. The molecule has 1 aromatic carbocycles. The molecule has 1 aromatic heterocycles. The number of hydrazine groups is 1. The molecule has 1 aliphatic rings. The van der Waals surface area contributed by atoms with E-state index in [-0.39, 0.29) is 24.2 Å². The summed E-state index contributed by atoms with van der Waals surface area (Å²) in [6, 6.07) is 8.36. The first-order valence-corrected chi connectivity index (χ1v) is 7.74. The lowest BCUT2D eigenvalue weighted by molar-refractivity contribution is -0.124. The number of hydrogen-bond acceptors (Lipinski definition) is 7. The SMILES string of the molecule is Cc1nc(CN(C)C(=O)C2=N[C@H](C)C(=O)N(c3ccccc3)N2)no1. The summed E-state index contributed by atoms with van der Waals surface area (Å²) in [5.74, 6) is 0.299. The van der Waals surface area contributed by atoms with E-state index in [0.29, 0.717) is 17.4 Å². The summed E-state index contributed by atoms with van der Waals surface area (Å²) < 4.78 is 4.90. The molecule has 0 bridgehead atoms. The van der Waals surface area contributed by atoms with Gasteiger partial charge in [-0.3, -0.25) is 15.0 Å². The molecule has 0 aliphatic carbocycles. The van der Waals surface area contributed by atoms with Crippen LogP contribution >= 0.6 is 0 Å². The fraction of sp³-hybridized carbons (Fsp3) is 0.312. The van der Waals surface area contributed by atoms with Gasteiger partial charge in [0.1, 0.15) is 6.04 Å². The molecule has 1 aliphatic heterocycles. The van der Waals surface area contributed by atoms with Gasteiger partial charge in [0.25, 0.3) is 11.8 Å². The molecule has 2 amide bonds. The zero-order chi connectivity index (χ0) is 18.0. The Balaban J connectivity index is 1.77. The normalized spacial score (nSPS) is 17.1. The second kappa shape index (κ2) is 6.71. The number of anilines is 1. The van der Waals surface area contributed by atoms with E-state index in [9.17, 15) is 9.59 Å². The highest BCUT2D eigenvalue weighted by atomic mass is 16.5. The lowest BCUT2D eigenvalue weighted by Gasteiger charge is -2.31. The van der Waals surface area contributed by atoms with Crippen LogP contribution in [-0.2, 0) is 16.1 Å². The topological polar surface area (TPSA) is 104 Å². The van der Waals surface area contributed by atoms with Crippen LogP contribution < -0.4 is 10.4 Å². The fourth-order valence-corrected chi connectivity index (χ4v) is 2.37. The van der Waals surface area contributed by atoms with Gasteiger partial charge in [-0.25, -0.2) is 10.0 Å². The molecule has 1 N–H and O–H groups in total. The van der Waals surface area contributed by atoms with E-state index in [4.69, 9.17) is 4.52 Å². The Hall–Kier alpha value is -3.23. The molecule has 9 nitrogen and oxygen atoms in total. The molecule has 0 radical (unpaired) electrons. The molecular formula is C16H18N6O3. The van der Waals surface area contributed by atoms with Gasteiger partial charge in [0.15, 0.2) is 5.82 Å². The van der Waals surface area contributed by atoms with E-state index >= 15 is 0 Å². The average Bonchev–Trinajstić information content (AvgIpc) is 3.02. The van der Waals surface area contributed by atoms with Crippen molar-refractivity contribution < 1.29 is 14.1 Å². The Morgan fingerprint density at radius 2 is 2.08 bits per heavy atom. The number of nitrogens with zero attached hydrogens (tertiary/aromatic N) is 5. The number of amidine groups is 1. The van der Waals surface area contributed by atoms with Crippen LogP contribution in [0.25, 0.3) is 0 Å². The molecule has 0 fully saturated rings. The summed E-state index contributed by atoms with van der Waals surface area (Å²) in [5, 5.41) is 5.10. The Labute approximate surface area is 144 Å². The summed E-state index contributed by atoms with van der Waals surface area (Å²) in [5.41, 5.74) is 3.44. The summed E-state index contributed by atoms with van der Waals surface area (Å²) in [4.78, 5) is 34.6. The van der Waals surface area contributed by atoms with E-state index in [1.54, 1.807) is 33.0 Å². The summed E-state index contributed by atoms with van der Waals surface area (Å²) in [6.07, 6.45) is 0. The molecule has 1 atom stereocenters. The largest absolute Gasteiger partial charge is 0.340 e. The number of amides is 2. The van der Waals surface area contributed by atoms with Crippen molar-refractivity contribution in [2.45, 2.75) is 26.4 Å². The molecule has 0 unspecified atom stereocenters. The number of hydrogen-bond donors (Lipinski definition) is 1. The Bertz CT molecular complexity index is 816. The first-order valence-electron chi connectivity index (χ1n) is 7.74.